The molecule has 2 aliphatic rings. The monoisotopic (exact) mass is 293 g/mol. The molecule has 1 aliphatic heterocycles. The van der Waals surface area contributed by atoms with Crippen molar-refractivity contribution in [2.45, 2.75) is 25.3 Å². The van der Waals surface area contributed by atoms with Crippen molar-refractivity contribution in [2.24, 2.45) is 0 Å². The van der Waals surface area contributed by atoms with Crippen molar-refractivity contribution in [2.75, 3.05) is 31.1 Å². The minimum atomic E-state index is 0.827. The average molecular weight is 293 g/mol. The predicted octanol–water partition coefficient (Wildman–Crippen LogP) is 1.95. The highest BCUT2D eigenvalue weighted by Gasteiger charge is 2.30. The van der Waals surface area contributed by atoms with Gasteiger partial charge in [-0.15, -0.1) is 0 Å². The van der Waals surface area contributed by atoms with Crippen LogP contribution >= 0.6 is 0 Å². The highest BCUT2D eigenvalue weighted by Crippen LogP contribution is 2.20. The van der Waals surface area contributed by atoms with E-state index in [2.05, 4.69) is 59.5 Å². The van der Waals surface area contributed by atoms with Crippen LogP contribution in [0.25, 0.3) is 0 Å². The van der Waals surface area contributed by atoms with Gasteiger partial charge in [0, 0.05) is 18.5 Å². The van der Waals surface area contributed by atoms with Gasteiger partial charge in [0.25, 0.3) is 0 Å². The van der Waals surface area contributed by atoms with Gasteiger partial charge >= 0.3 is 0 Å². The van der Waals surface area contributed by atoms with Gasteiger partial charge in [0.1, 0.15) is 0 Å². The number of hydrogen-bond acceptors (Lipinski definition) is 1. The van der Waals surface area contributed by atoms with Crippen LogP contribution in [0.15, 0.2) is 54.6 Å². The lowest BCUT2D eigenvalue weighted by Gasteiger charge is -2.39. The maximum Gasteiger partial charge on any atom is 0.0951 e. The molecule has 1 saturated heterocycles. The van der Waals surface area contributed by atoms with Crippen LogP contribution in [0, 0.1) is 0 Å². The van der Waals surface area contributed by atoms with E-state index in [0.29, 0.717) is 0 Å². The second-order valence-electron chi connectivity index (χ2n) is 6.69. The minimum absolute atomic E-state index is 0.827. The molecule has 0 spiro atoms. The smallest absolute Gasteiger partial charge is 0.0951 e. The third-order valence-corrected chi connectivity index (χ3v) is 5.45. The molecule has 4 rings (SSSR count). The Labute approximate surface area is 133 Å². The van der Waals surface area contributed by atoms with Crippen molar-refractivity contribution in [3.05, 3.63) is 65.7 Å². The van der Waals surface area contributed by atoms with Crippen molar-refractivity contribution in [3.63, 3.8) is 0 Å². The molecular weight excluding hydrogens is 268 g/mol. The lowest BCUT2D eigenvalue weighted by atomic mass is 9.87. The van der Waals surface area contributed by atoms with Crippen LogP contribution in [0.3, 0.4) is 0 Å². The molecule has 114 valence electrons. The lowest BCUT2D eigenvalue weighted by Crippen LogP contribution is -3.18. The Bertz CT molecular complexity index is 615. The van der Waals surface area contributed by atoms with Crippen molar-refractivity contribution < 1.29 is 4.90 Å². The number of anilines is 1. The van der Waals surface area contributed by atoms with Gasteiger partial charge in [-0.1, -0.05) is 42.5 Å². The lowest BCUT2D eigenvalue weighted by molar-refractivity contribution is -0.926. The fraction of sp³-hybridized carbons (Fsp3) is 0.400. The van der Waals surface area contributed by atoms with Crippen LogP contribution in [0.4, 0.5) is 5.69 Å². The van der Waals surface area contributed by atoms with E-state index in [1.165, 1.54) is 51.1 Å². The minimum Gasteiger partial charge on any atom is -0.360 e. The van der Waals surface area contributed by atoms with E-state index >= 15 is 0 Å². The molecule has 0 saturated carbocycles. The van der Waals surface area contributed by atoms with Crippen molar-refractivity contribution in [1.82, 2.24) is 0 Å². The van der Waals surface area contributed by atoms with Gasteiger partial charge in [-0.05, 0) is 29.7 Å². The van der Waals surface area contributed by atoms with Gasteiger partial charge in [0.2, 0.25) is 0 Å². The Morgan fingerprint density at radius 3 is 2.27 bits per heavy atom. The fourth-order valence-corrected chi connectivity index (χ4v) is 4.15. The average Bonchev–Trinajstić information content (AvgIpc) is 2.62. The Morgan fingerprint density at radius 1 is 0.818 bits per heavy atom. The van der Waals surface area contributed by atoms with E-state index in [9.17, 15) is 0 Å². The molecule has 1 fully saturated rings. The number of nitrogens with zero attached hydrogens (tertiary/aromatic N) is 1. The predicted molar refractivity (Wildman–Crippen MR) is 91.6 cm³/mol. The van der Waals surface area contributed by atoms with Crippen LogP contribution in [0.5, 0.6) is 0 Å². The summed E-state index contributed by atoms with van der Waals surface area (Å²) < 4.78 is 0. The number of benzene rings is 2. The zero-order valence-electron chi connectivity index (χ0n) is 13.2. The number of quaternary nitrogens is 1. The molecule has 2 aromatic rings. The van der Waals surface area contributed by atoms with Gasteiger partial charge in [0.05, 0.1) is 32.2 Å². The molecule has 1 heterocycles. The van der Waals surface area contributed by atoms with Crippen LogP contribution in [-0.4, -0.2) is 32.2 Å². The molecule has 22 heavy (non-hydrogen) atoms. The number of aryl methyl sites for hydroxylation is 1. The summed E-state index contributed by atoms with van der Waals surface area (Å²) in [6, 6.07) is 20.7. The van der Waals surface area contributed by atoms with Crippen LogP contribution in [0.2, 0.25) is 0 Å². The second-order valence-corrected chi connectivity index (χ2v) is 6.69. The number of piperazine rings is 1. The van der Waals surface area contributed by atoms with Crippen LogP contribution in [-0.2, 0) is 12.8 Å². The number of hydrogen-bond donors (Lipinski definition) is 1. The summed E-state index contributed by atoms with van der Waals surface area (Å²) >= 11 is 0. The maximum atomic E-state index is 2.54. The quantitative estimate of drug-likeness (QED) is 0.889. The molecule has 1 aliphatic carbocycles. The molecule has 0 aromatic heterocycles. The van der Waals surface area contributed by atoms with Gasteiger partial charge in [-0.25, -0.2) is 0 Å². The Hall–Kier alpha value is -1.80. The summed E-state index contributed by atoms with van der Waals surface area (Å²) in [7, 11) is 0. The summed E-state index contributed by atoms with van der Waals surface area (Å²) in [6.07, 6.45) is 3.90. The molecule has 0 amide bonds. The van der Waals surface area contributed by atoms with E-state index in [1.54, 1.807) is 11.1 Å². The first-order valence-corrected chi connectivity index (χ1v) is 8.61. The highest BCUT2D eigenvalue weighted by atomic mass is 15.3. The van der Waals surface area contributed by atoms with E-state index in [1.807, 2.05) is 4.90 Å². The maximum absolute atomic E-state index is 2.54. The van der Waals surface area contributed by atoms with Crippen LogP contribution in [0.1, 0.15) is 17.5 Å². The Balaban J connectivity index is 1.38. The zero-order chi connectivity index (χ0) is 14.8. The van der Waals surface area contributed by atoms with Gasteiger partial charge < -0.3 is 9.80 Å². The van der Waals surface area contributed by atoms with Crippen molar-refractivity contribution >= 4 is 5.69 Å². The summed E-state index contributed by atoms with van der Waals surface area (Å²) in [4.78, 5) is 4.36. The number of rotatable bonds is 2. The zero-order valence-corrected chi connectivity index (χ0v) is 13.2. The first-order valence-electron chi connectivity index (χ1n) is 8.61. The van der Waals surface area contributed by atoms with Gasteiger partial charge in [-0.2, -0.15) is 0 Å². The Kier molecular flexibility index (Phi) is 3.86. The third-order valence-electron chi connectivity index (χ3n) is 5.45. The molecule has 0 bridgehead atoms. The Morgan fingerprint density at radius 2 is 1.50 bits per heavy atom. The van der Waals surface area contributed by atoms with E-state index in [0.717, 1.165) is 6.04 Å². The van der Waals surface area contributed by atoms with Crippen molar-refractivity contribution in [1.29, 1.82) is 0 Å². The fourth-order valence-electron chi connectivity index (χ4n) is 4.15. The molecule has 1 atom stereocenters. The highest BCUT2D eigenvalue weighted by molar-refractivity contribution is 5.46. The SMILES string of the molecule is c1ccc(N2CC[NH+]([C@@H]3CCc4ccccc4C3)CC2)cc1. The second kappa shape index (κ2) is 6.13. The normalized spacial score (nSPS) is 22.4. The topological polar surface area (TPSA) is 7.68 Å². The van der Waals surface area contributed by atoms with Crippen LogP contribution < -0.4 is 9.80 Å². The first kappa shape index (κ1) is 13.8. The van der Waals surface area contributed by atoms with E-state index in [-0.39, 0.29) is 0 Å². The molecule has 2 aromatic carbocycles. The molecular formula is C20H25N2+. The number of fused-ring (bicyclic) bond motifs is 1. The molecule has 1 N–H and O–H groups in total. The summed E-state index contributed by atoms with van der Waals surface area (Å²) in [6.45, 7) is 4.94. The first-order chi connectivity index (χ1) is 10.9. The summed E-state index contributed by atoms with van der Waals surface area (Å²) in [5, 5.41) is 0. The third kappa shape index (κ3) is 2.76. The van der Waals surface area contributed by atoms with E-state index < -0.39 is 0 Å². The van der Waals surface area contributed by atoms with E-state index in [4.69, 9.17) is 0 Å². The summed E-state index contributed by atoms with van der Waals surface area (Å²) in [5.74, 6) is 0. The van der Waals surface area contributed by atoms with Gasteiger partial charge in [0.15, 0.2) is 0 Å². The summed E-state index contributed by atoms with van der Waals surface area (Å²) in [5.41, 5.74) is 4.56. The number of nitrogens with one attached hydrogen (secondary N) is 1. The molecule has 2 nitrogen and oxygen atoms in total. The number of para-hydroxylation sites is 1. The van der Waals surface area contributed by atoms with Gasteiger partial charge in [-0.3, -0.25) is 0 Å². The largest absolute Gasteiger partial charge is 0.360 e. The standard InChI is InChI=1S/C20H24N2/c1-2-8-19(9-3-1)21-12-14-22(15-13-21)20-11-10-17-6-4-5-7-18(17)16-20/h1-9,20H,10-16H2/p+1/t20-/m1/s1. The molecule has 0 radical (unpaired) electrons. The van der Waals surface area contributed by atoms with Crippen molar-refractivity contribution in [3.8, 4) is 0 Å². The molecule has 0 unspecified atom stereocenters. The molecule has 2 heteroatoms.